The normalized spacial score (nSPS) is 10.6. The quantitative estimate of drug-likeness (QED) is 0.494. The predicted molar refractivity (Wildman–Crippen MR) is 88.9 cm³/mol. The van der Waals surface area contributed by atoms with Crippen molar-refractivity contribution in [3.63, 3.8) is 0 Å². The van der Waals surface area contributed by atoms with Crippen LogP contribution in [0.4, 0.5) is 11.4 Å². The van der Waals surface area contributed by atoms with E-state index in [2.05, 4.69) is 10.5 Å². The van der Waals surface area contributed by atoms with Crippen LogP contribution in [0.25, 0.3) is 0 Å². The highest BCUT2D eigenvalue weighted by Crippen LogP contribution is 2.33. The lowest BCUT2D eigenvalue weighted by Gasteiger charge is -2.08. The molecule has 8 heteroatoms. The molecule has 120 valence electrons. The summed E-state index contributed by atoms with van der Waals surface area (Å²) in [4.78, 5) is 10.7. The molecule has 0 aliphatic carbocycles. The summed E-state index contributed by atoms with van der Waals surface area (Å²) in [6.07, 6.45) is 1.33. The van der Waals surface area contributed by atoms with Crippen molar-refractivity contribution in [2.75, 3.05) is 19.6 Å². The maximum atomic E-state index is 11.2. The van der Waals surface area contributed by atoms with E-state index in [1.807, 2.05) is 0 Å². The molecule has 0 saturated heterocycles. The molecule has 0 radical (unpaired) electrons. The first-order valence-electron chi connectivity index (χ1n) is 6.50. The van der Waals surface area contributed by atoms with E-state index >= 15 is 0 Å². The van der Waals surface area contributed by atoms with Crippen LogP contribution >= 0.6 is 11.6 Å². The van der Waals surface area contributed by atoms with E-state index in [4.69, 9.17) is 21.1 Å². The van der Waals surface area contributed by atoms with Gasteiger partial charge in [-0.1, -0.05) is 17.7 Å². The Bertz CT molecular complexity index is 749. The van der Waals surface area contributed by atoms with Crippen molar-refractivity contribution < 1.29 is 14.4 Å². The van der Waals surface area contributed by atoms with Crippen molar-refractivity contribution in [2.45, 2.75) is 0 Å². The standard InChI is InChI=1S/C15H14ClN3O4/c1-22-14-6-10(13(19(20)21)8-15(14)23-2)9-17-18-12-5-3-4-11(16)7-12/h3-9,18H,1-2H3. The minimum Gasteiger partial charge on any atom is -0.493 e. The lowest BCUT2D eigenvalue weighted by molar-refractivity contribution is -0.385. The number of nitrogens with zero attached hydrogens (tertiary/aromatic N) is 2. The maximum Gasteiger partial charge on any atom is 0.282 e. The minimum absolute atomic E-state index is 0.140. The molecule has 1 N–H and O–H groups in total. The van der Waals surface area contributed by atoms with Crippen molar-refractivity contribution >= 4 is 29.2 Å². The van der Waals surface area contributed by atoms with E-state index in [-0.39, 0.29) is 17.0 Å². The molecule has 2 rings (SSSR count). The van der Waals surface area contributed by atoms with Gasteiger partial charge in [0.15, 0.2) is 11.5 Å². The van der Waals surface area contributed by atoms with Crippen LogP contribution in [0.2, 0.25) is 5.02 Å². The van der Waals surface area contributed by atoms with Gasteiger partial charge >= 0.3 is 0 Å². The van der Waals surface area contributed by atoms with E-state index < -0.39 is 4.92 Å². The Balaban J connectivity index is 2.30. The number of rotatable bonds is 6. The summed E-state index contributed by atoms with van der Waals surface area (Å²) in [5, 5.41) is 15.7. The summed E-state index contributed by atoms with van der Waals surface area (Å²) in [6, 6.07) is 9.72. The largest absolute Gasteiger partial charge is 0.493 e. The first-order chi connectivity index (χ1) is 11.0. The molecule has 23 heavy (non-hydrogen) atoms. The number of hydrogen-bond donors (Lipinski definition) is 1. The fraction of sp³-hybridized carbons (Fsp3) is 0.133. The van der Waals surface area contributed by atoms with Gasteiger partial charge in [-0.05, 0) is 24.3 Å². The summed E-state index contributed by atoms with van der Waals surface area (Å²) in [7, 11) is 2.87. The van der Waals surface area contributed by atoms with Crippen LogP contribution in [0.15, 0.2) is 41.5 Å². The van der Waals surface area contributed by atoms with Gasteiger partial charge in [-0.3, -0.25) is 15.5 Å². The molecular formula is C15H14ClN3O4. The molecule has 0 fully saturated rings. The van der Waals surface area contributed by atoms with Gasteiger partial charge in [0, 0.05) is 5.02 Å². The number of halogens is 1. The molecule has 7 nitrogen and oxygen atoms in total. The SMILES string of the molecule is COc1cc(C=NNc2cccc(Cl)c2)c([N+](=O)[O-])cc1OC. The first kappa shape index (κ1) is 16.6. The number of ether oxygens (including phenoxy) is 2. The van der Waals surface area contributed by atoms with Crippen LogP contribution in [0.5, 0.6) is 11.5 Å². The van der Waals surface area contributed by atoms with Gasteiger partial charge in [-0.15, -0.1) is 0 Å². The van der Waals surface area contributed by atoms with Crippen LogP contribution in [-0.2, 0) is 0 Å². The van der Waals surface area contributed by atoms with Crippen molar-refractivity contribution in [1.29, 1.82) is 0 Å². The van der Waals surface area contributed by atoms with Gasteiger partial charge in [0.05, 0.1) is 42.7 Å². The highest BCUT2D eigenvalue weighted by molar-refractivity contribution is 6.30. The van der Waals surface area contributed by atoms with Gasteiger partial charge in [0.1, 0.15) is 0 Å². The third-order valence-corrected chi connectivity index (χ3v) is 3.19. The Hall–Kier alpha value is -2.80. The lowest BCUT2D eigenvalue weighted by Crippen LogP contribution is -2.00. The number of hydrogen-bond acceptors (Lipinski definition) is 6. The van der Waals surface area contributed by atoms with E-state index in [1.54, 1.807) is 24.3 Å². The molecule has 2 aromatic rings. The summed E-state index contributed by atoms with van der Waals surface area (Å²) in [5.41, 5.74) is 3.56. The highest BCUT2D eigenvalue weighted by Gasteiger charge is 2.18. The van der Waals surface area contributed by atoms with Crippen molar-refractivity contribution in [3.05, 3.63) is 57.1 Å². The zero-order chi connectivity index (χ0) is 16.8. The van der Waals surface area contributed by atoms with Gasteiger partial charge in [0.25, 0.3) is 5.69 Å². The Morgan fingerprint density at radius 1 is 1.22 bits per heavy atom. The van der Waals surface area contributed by atoms with E-state index in [9.17, 15) is 10.1 Å². The highest BCUT2D eigenvalue weighted by atomic mass is 35.5. The number of benzene rings is 2. The minimum atomic E-state index is -0.511. The Kier molecular flexibility index (Phi) is 5.37. The van der Waals surface area contributed by atoms with Crippen LogP contribution < -0.4 is 14.9 Å². The van der Waals surface area contributed by atoms with Gasteiger partial charge in [-0.25, -0.2) is 0 Å². The molecule has 0 spiro atoms. The predicted octanol–water partition coefficient (Wildman–Crippen LogP) is 3.71. The summed E-state index contributed by atoms with van der Waals surface area (Å²) in [6.45, 7) is 0. The molecule has 0 atom stereocenters. The average molecular weight is 336 g/mol. The summed E-state index contributed by atoms with van der Waals surface area (Å²) in [5.74, 6) is 0.654. The number of nitro benzene ring substituents is 1. The number of hydrazone groups is 1. The van der Waals surface area contributed by atoms with Crippen molar-refractivity contribution in [3.8, 4) is 11.5 Å². The van der Waals surface area contributed by atoms with Crippen molar-refractivity contribution in [2.24, 2.45) is 5.10 Å². The monoisotopic (exact) mass is 335 g/mol. The van der Waals surface area contributed by atoms with Gasteiger partial charge in [0.2, 0.25) is 0 Å². The summed E-state index contributed by atoms with van der Waals surface area (Å²) < 4.78 is 10.2. The first-order valence-corrected chi connectivity index (χ1v) is 6.88. The number of nitrogens with one attached hydrogen (secondary N) is 1. The number of nitro groups is 1. The lowest BCUT2D eigenvalue weighted by atomic mass is 10.1. The molecule has 2 aromatic carbocycles. The Morgan fingerprint density at radius 3 is 2.52 bits per heavy atom. The molecular weight excluding hydrogens is 322 g/mol. The third kappa shape index (κ3) is 4.10. The molecule has 0 aromatic heterocycles. The second-order valence-corrected chi connectivity index (χ2v) is 4.84. The number of methoxy groups -OCH3 is 2. The van der Waals surface area contributed by atoms with E-state index in [0.717, 1.165) is 0 Å². The fourth-order valence-corrected chi connectivity index (χ4v) is 2.07. The molecule has 0 saturated carbocycles. The van der Waals surface area contributed by atoms with Crippen LogP contribution in [-0.4, -0.2) is 25.4 Å². The van der Waals surface area contributed by atoms with Crippen LogP contribution in [0, 0.1) is 10.1 Å². The zero-order valence-corrected chi connectivity index (χ0v) is 13.2. The third-order valence-electron chi connectivity index (χ3n) is 2.95. The molecule has 0 aliphatic heterocycles. The van der Waals surface area contributed by atoms with Gasteiger partial charge < -0.3 is 9.47 Å². The van der Waals surface area contributed by atoms with Crippen LogP contribution in [0.1, 0.15) is 5.56 Å². The fourth-order valence-electron chi connectivity index (χ4n) is 1.88. The Labute approximate surface area is 137 Å². The zero-order valence-electron chi connectivity index (χ0n) is 12.4. The van der Waals surface area contributed by atoms with Gasteiger partial charge in [-0.2, -0.15) is 5.10 Å². The van der Waals surface area contributed by atoms with E-state index in [1.165, 1.54) is 32.6 Å². The smallest absolute Gasteiger partial charge is 0.282 e. The van der Waals surface area contributed by atoms with E-state index in [0.29, 0.717) is 16.5 Å². The second kappa shape index (κ2) is 7.46. The van der Waals surface area contributed by atoms with Crippen LogP contribution in [0.3, 0.4) is 0 Å². The molecule has 0 aliphatic rings. The average Bonchev–Trinajstić information content (AvgIpc) is 2.54. The second-order valence-electron chi connectivity index (χ2n) is 4.40. The molecule has 0 unspecified atom stereocenters. The van der Waals surface area contributed by atoms with Crippen molar-refractivity contribution in [1.82, 2.24) is 0 Å². The topological polar surface area (TPSA) is 86.0 Å². The maximum absolute atomic E-state index is 11.2. The Morgan fingerprint density at radius 2 is 1.91 bits per heavy atom. The molecule has 0 amide bonds. The summed E-state index contributed by atoms with van der Waals surface area (Å²) >= 11 is 5.87. The molecule has 0 heterocycles. The number of anilines is 1. The molecule has 0 bridgehead atoms.